The van der Waals surface area contributed by atoms with Gasteiger partial charge in [-0.3, -0.25) is 4.99 Å². The van der Waals surface area contributed by atoms with Crippen LogP contribution >= 0.6 is 0 Å². The van der Waals surface area contributed by atoms with E-state index in [9.17, 15) is 0 Å². The normalized spacial score (nSPS) is 39.8. The van der Waals surface area contributed by atoms with Crippen LogP contribution in [-0.4, -0.2) is 42.2 Å². The van der Waals surface area contributed by atoms with Gasteiger partial charge in [0, 0.05) is 13.2 Å². The number of nitrogens with zero attached hydrogens (tertiary/aromatic N) is 2. The van der Waals surface area contributed by atoms with Gasteiger partial charge in [0.1, 0.15) is 0 Å². The third-order valence-corrected chi connectivity index (χ3v) is 5.15. The van der Waals surface area contributed by atoms with Crippen LogP contribution < -0.4 is 5.73 Å². The molecule has 3 aliphatic rings. The highest BCUT2D eigenvalue weighted by Crippen LogP contribution is 2.45. The Bertz CT molecular complexity index is 338. The maximum atomic E-state index is 6.15. The molecule has 102 valence electrons. The van der Waals surface area contributed by atoms with Gasteiger partial charge in [0.05, 0.1) is 18.2 Å². The van der Waals surface area contributed by atoms with Crippen molar-refractivity contribution in [2.24, 2.45) is 16.6 Å². The Morgan fingerprint density at radius 1 is 1.44 bits per heavy atom. The monoisotopic (exact) mass is 251 g/mol. The molecule has 18 heavy (non-hydrogen) atoms. The average molecular weight is 251 g/mol. The van der Waals surface area contributed by atoms with E-state index in [1.807, 2.05) is 0 Å². The fourth-order valence-electron chi connectivity index (χ4n) is 4.16. The van der Waals surface area contributed by atoms with Gasteiger partial charge in [-0.05, 0) is 31.6 Å². The highest BCUT2D eigenvalue weighted by molar-refractivity contribution is 5.81. The molecule has 0 bridgehead atoms. The molecule has 3 rings (SSSR count). The van der Waals surface area contributed by atoms with Gasteiger partial charge in [-0.2, -0.15) is 0 Å². The third-order valence-electron chi connectivity index (χ3n) is 5.15. The van der Waals surface area contributed by atoms with Crippen molar-refractivity contribution < 1.29 is 4.74 Å². The molecule has 1 saturated carbocycles. The number of guanidine groups is 1. The molecule has 2 aliphatic heterocycles. The average Bonchev–Trinajstić information content (AvgIpc) is 3.07. The van der Waals surface area contributed by atoms with Gasteiger partial charge < -0.3 is 15.4 Å². The van der Waals surface area contributed by atoms with E-state index in [2.05, 4.69) is 16.8 Å². The minimum atomic E-state index is 0.227. The van der Waals surface area contributed by atoms with Crippen LogP contribution in [0, 0.1) is 5.92 Å². The highest BCUT2D eigenvalue weighted by Gasteiger charge is 2.50. The van der Waals surface area contributed by atoms with Gasteiger partial charge >= 0.3 is 0 Å². The van der Waals surface area contributed by atoms with E-state index in [1.54, 1.807) is 0 Å². The van der Waals surface area contributed by atoms with Gasteiger partial charge in [0.25, 0.3) is 0 Å². The minimum absolute atomic E-state index is 0.227. The number of aliphatic imine (C=N–C) groups is 1. The van der Waals surface area contributed by atoms with E-state index in [1.165, 1.54) is 38.5 Å². The predicted octanol–water partition coefficient (Wildman–Crippen LogP) is 1.74. The van der Waals surface area contributed by atoms with Crippen LogP contribution in [0.25, 0.3) is 0 Å². The quantitative estimate of drug-likeness (QED) is 0.831. The summed E-state index contributed by atoms with van der Waals surface area (Å²) in [7, 11) is 0. The van der Waals surface area contributed by atoms with Gasteiger partial charge in [-0.1, -0.05) is 19.8 Å². The summed E-state index contributed by atoms with van der Waals surface area (Å²) >= 11 is 0. The second kappa shape index (κ2) is 4.72. The summed E-state index contributed by atoms with van der Waals surface area (Å²) in [5.74, 6) is 1.51. The van der Waals surface area contributed by atoms with Crippen molar-refractivity contribution in [1.82, 2.24) is 4.90 Å². The van der Waals surface area contributed by atoms with Gasteiger partial charge in [-0.15, -0.1) is 0 Å². The van der Waals surface area contributed by atoms with Crippen LogP contribution in [0.5, 0.6) is 0 Å². The molecule has 0 aromatic heterocycles. The Morgan fingerprint density at radius 3 is 3.06 bits per heavy atom. The summed E-state index contributed by atoms with van der Waals surface area (Å²) < 4.78 is 5.78. The number of hydrogen-bond donors (Lipinski definition) is 1. The van der Waals surface area contributed by atoms with Crippen LogP contribution in [0.3, 0.4) is 0 Å². The summed E-state index contributed by atoms with van der Waals surface area (Å²) in [5.41, 5.74) is 6.38. The first-order valence-corrected chi connectivity index (χ1v) is 7.45. The van der Waals surface area contributed by atoms with Gasteiger partial charge in [0.15, 0.2) is 5.96 Å². The van der Waals surface area contributed by atoms with Crippen molar-refractivity contribution in [3.63, 3.8) is 0 Å². The molecule has 4 heteroatoms. The van der Waals surface area contributed by atoms with Crippen molar-refractivity contribution in [2.45, 2.75) is 57.1 Å². The van der Waals surface area contributed by atoms with Crippen LogP contribution in [0.1, 0.15) is 45.4 Å². The maximum Gasteiger partial charge on any atom is 0.191 e. The minimum Gasteiger partial charge on any atom is -0.376 e. The van der Waals surface area contributed by atoms with Gasteiger partial charge in [0.2, 0.25) is 0 Å². The van der Waals surface area contributed by atoms with Crippen molar-refractivity contribution >= 4 is 5.96 Å². The molecule has 3 atom stereocenters. The molecule has 2 heterocycles. The lowest BCUT2D eigenvalue weighted by atomic mass is 9.84. The molecular formula is C14H25N3O. The van der Waals surface area contributed by atoms with E-state index in [0.717, 1.165) is 31.6 Å². The lowest BCUT2D eigenvalue weighted by molar-refractivity contribution is 0.0523. The number of ether oxygens (including phenoxy) is 1. The highest BCUT2D eigenvalue weighted by atomic mass is 16.5. The second-order valence-electron chi connectivity index (χ2n) is 6.02. The first-order chi connectivity index (χ1) is 8.76. The van der Waals surface area contributed by atoms with E-state index < -0.39 is 0 Å². The molecule has 1 saturated heterocycles. The lowest BCUT2D eigenvalue weighted by Crippen LogP contribution is -2.56. The first kappa shape index (κ1) is 12.3. The fraction of sp³-hybridized carbons (Fsp3) is 0.929. The number of rotatable bonds is 3. The molecule has 0 amide bonds. The smallest absolute Gasteiger partial charge is 0.191 e. The molecule has 4 nitrogen and oxygen atoms in total. The Morgan fingerprint density at radius 2 is 2.33 bits per heavy atom. The predicted molar refractivity (Wildman–Crippen MR) is 72.5 cm³/mol. The summed E-state index contributed by atoms with van der Waals surface area (Å²) in [5, 5.41) is 0. The largest absolute Gasteiger partial charge is 0.376 e. The molecule has 0 aromatic carbocycles. The lowest BCUT2D eigenvalue weighted by Gasteiger charge is -2.41. The summed E-state index contributed by atoms with van der Waals surface area (Å²) in [6.07, 6.45) is 7.89. The van der Waals surface area contributed by atoms with Crippen molar-refractivity contribution in [1.29, 1.82) is 0 Å². The Balaban J connectivity index is 1.77. The van der Waals surface area contributed by atoms with Crippen LogP contribution in [0.4, 0.5) is 0 Å². The van der Waals surface area contributed by atoms with E-state index >= 15 is 0 Å². The Labute approximate surface area is 110 Å². The summed E-state index contributed by atoms with van der Waals surface area (Å²) in [4.78, 5) is 6.95. The molecule has 1 spiro atoms. The standard InChI is InChI=1S/C14H25N3O/c1-2-11-5-3-7-14(11)10-16-13(15)17(14)9-12-6-4-8-18-12/h11-12H,2-10H2,1H3,(H2,15,16). The van der Waals surface area contributed by atoms with Crippen molar-refractivity contribution in [3.8, 4) is 0 Å². The molecule has 3 unspecified atom stereocenters. The third kappa shape index (κ3) is 1.81. The molecule has 2 N–H and O–H groups in total. The molecule has 1 aliphatic carbocycles. The maximum absolute atomic E-state index is 6.15. The van der Waals surface area contributed by atoms with Crippen LogP contribution in [0.15, 0.2) is 4.99 Å². The SMILES string of the molecule is CCC1CCCC12CN=C(N)N2CC1CCCO1. The zero-order valence-electron chi connectivity index (χ0n) is 11.4. The number of nitrogens with two attached hydrogens (primary N) is 1. The van der Waals surface area contributed by atoms with E-state index in [0.29, 0.717) is 6.10 Å². The molecule has 2 fully saturated rings. The summed E-state index contributed by atoms with van der Waals surface area (Å²) in [6.45, 7) is 5.08. The van der Waals surface area contributed by atoms with Gasteiger partial charge in [-0.25, -0.2) is 0 Å². The number of hydrogen-bond acceptors (Lipinski definition) is 4. The molecule has 0 aromatic rings. The topological polar surface area (TPSA) is 50.8 Å². The fourth-order valence-corrected chi connectivity index (χ4v) is 4.16. The van der Waals surface area contributed by atoms with Crippen LogP contribution in [-0.2, 0) is 4.74 Å². The molecular weight excluding hydrogens is 226 g/mol. The van der Waals surface area contributed by atoms with E-state index in [-0.39, 0.29) is 5.54 Å². The zero-order valence-corrected chi connectivity index (χ0v) is 11.4. The summed E-state index contributed by atoms with van der Waals surface area (Å²) in [6, 6.07) is 0. The molecule has 0 radical (unpaired) electrons. The van der Waals surface area contributed by atoms with Crippen molar-refractivity contribution in [3.05, 3.63) is 0 Å². The Kier molecular flexibility index (Phi) is 3.22. The van der Waals surface area contributed by atoms with Crippen molar-refractivity contribution in [2.75, 3.05) is 19.7 Å². The van der Waals surface area contributed by atoms with E-state index in [4.69, 9.17) is 10.5 Å². The zero-order chi connectivity index (χ0) is 12.6. The first-order valence-electron chi connectivity index (χ1n) is 7.45. The Hall–Kier alpha value is -0.770. The van der Waals surface area contributed by atoms with Crippen LogP contribution in [0.2, 0.25) is 0 Å². The second-order valence-corrected chi connectivity index (χ2v) is 6.02.